The maximum Gasteiger partial charge on any atom is 0.165 e. The lowest BCUT2D eigenvalue weighted by atomic mass is 9.95. The van der Waals surface area contributed by atoms with Crippen LogP contribution in [0.2, 0.25) is 0 Å². The van der Waals surface area contributed by atoms with Crippen molar-refractivity contribution in [3.8, 4) is 5.75 Å². The largest absolute Gasteiger partial charge is 0.505 e. The molecule has 0 aliphatic rings. The molecule has 4 N–H and O–H groups in total. The Morgan fingerprint density at radius 1 is 1.38 bits per heavy atom. The molecule has 0 amide bonds. The highest BCUT2D eigenvalue weighted by atomic mass is 19.1. The quantitative estimate of drug-likeness (QED) is 0.736. The molecule has 2 atom stereocenters. The van der Waals surface area contributed by atoms with Crippen molar-refractivity contribution in [3.05, 3.63) is 29.6 Å². The van der Waals surface area contributed by atoms with Crippen LogP contribution < -0.4 is 5.73 Å². The topological polar surface area (TPSA) is 66.5 Å². The molecule has 0 spiro atoms. The molecule has 4 heteroatoms. The van der Waals surface area contributed by atoms with Crippen LogP contribution in [-0.4, -0.2) is 16.3 Å². The van der Waals surface area contributed by atoms with E-state index in [0.29, 0.717) is 17.9 Å². The zero-order valence-electron chi connectivity index (χ0n) is 9.52. The van der Waals surface area contributed by atoms with Crippen LogP contribution in [0.1, 0.15) is 31.9 Å². The minimum Gasteiger partial charge on any atom is -0.505 e. The lowest BCUT2D eigenvalue weighted by Crippen LogP contribution is -2.27. The summed E-state index contributed by atoms with van der Waals surface area (Å²) in [5.41, 5.74) is 6.30. The van der Waals surface area contributed by atoms with E-state index in [1.165, 1.54) is 12.1 Å². The van der Waals surface area contributed by atoms with Crippen molar-refractivity contribution in [2.75, 3.05) is 0 Å². The van der Waals surface area contributed by atoms with E-state index in [-0.39, 0.29) is 0 Å². The summed E-state index contributed by atoms with van der Waals surface area (Å²) in [7, 11) is 0. The van der Waals surface area contributed by atoms with E-state index < -0.39 is 23.7 Å². The summed E-state index contributed by atoms with van der Waals surface area (Å²) in [4.78, 5) is 0. The molecule has 1 aromatic carbocycles. The fourth-order valence-electron chi connectivity index (χ4n) is 1.58. The summed E-state index contributed by atoms with van der Waals surface area (Å²) in [6, 6.07) is 3.29. The summed E-state index contributed by atoms with van der Waals surface area (Å²) in [5.74, 6) is -0.804. The van der Waals surface area contributed by atoms with E-state index in [2.05, 4.69) is 0 Å². The maximum absolute atomic E-state index is 13.1. The minimum atomic E-state index is -0.718. The highest BCUT2D eigenvalue weighted by Gasteiger charge is 2.19. The predicted octanol–water partition coefficient (Wildman–Crippen LogP) is 1.94. The first-order chi connectivity index (χ1) is 7.41. The standard InChI is InChI=1S/C12H18FNO2/c1-7(2)5-11(16)12(14)8-3-4-10(15)9(13)6-8/h3-4,6-7,11-12,15-16H,5,14H2,1-2H3/t11-,12+/m0/s1. The van der Waals surface area contributed by atoms with Gasteiger partial charge >= 0.3 is 0 Å². The molecule has 3 nitrogen and oxygen atoms in total. The highest BCUT2D eigenvalue weighted by Crippen LogP contribution is 2.23. The van der Waals surface area contributed by atoms with Gasteiger partial charge in [0.25, 0.3) is 0 Å². The second-order valence-corrected chi connectivity index (χ2v) is 4.43. The van der Waals surface area contributed by atoms with Gasteiger partial charge in [0.15, 0.2) is 11.6 Å². The van der Waals surface area contributed by atoms with Gasteiger partial charge in [-0.1, -0.05) is 19.9 Å². The van der Waals surface area contributed by atoms with Crippen LogP contribution in [0.25, 0.3) is 0 Å². The summed E-state index contributed by atoms with van der Waals surface area (Å²) in [6.07, 6.45) is -0.145. The van der Waals surface area contributed by atoms with Crippen LogP contribution in [0.5, 0.6) is 5.75 Å². The lowest BCUT2D eigenvalue weighted by molar-refractivity contribution is 0.121. The van der Waals surface area contributed by atoms with Crippen molar-refractivity contribution in [2.24, 2.45) is 11.7 Å². The lowest BCUT2D eigenvalue weighted by Gasteiger charge is -2.20. The third kappa shape index (κ3) is 3.18. The Labute approximate surface area is 94.7 Å². The van der Waals surface area contributed by atoms with Crippen molar-refractivity contribution in [2.45, 2.75) is 32.4 Å². The van der Waals surface area contributed by atoms with Crippen LogP contribution in [0.4, 0.5) is 4.39 Å². The number of phenols is 1. The fourth-order valence-corrected chi connectivity index (χ4v) is 1.58. The van der Waals surface area contributed by atoms with Gasteiger partial charge in [0.2, 0.25) is 0 Å². The number of aliphatic hydroxyl groups is 1. The number of rotatable bonds is 4. The van der Waals surface area contributed by atoms with Crippen molar-refractivity contribution < 1.29 is 14.6 Å². The molecule has 0 aliphatic carbocycles. The Hall–Kier alpha value is -1.13. The Bertz CT molecular complexity index is 355. The number of aromatic hydroxyl groups is 1. The number of benzene rings is 1. The zero-order chi connectivity index (χ0) is 12.3. The molecule has 90 valence electrons. The van der Waals surface area contributed by atoms with Gasteiger partial charge in [-0.05, 0) is 30.0 Å². The number of hydrogen-bond acceptors (Lipinski definition) is 3. The van der Waals surface area contributed by atoms with Crippen LogP contribution in [0.3, 0.4) is 0 Å². The zero-order valence-corrected chi connectivity index (χ0v) is 9.52. The number of phenolic OH excluding ortho intramolecular Hbond substituents is 1. The predicted molar refractivity (Wildman–Crippen MR) is 60.5 cm³/mol. The summed E-state index contributed by atoms with van der Waals surface area (Å²) >= 11 is 0. The SMILES string of the molecule is CC(C)C[C@H](O)[C@H](N)c1ccc(O)c(F)c1. The molecule has 0 fully saturated rings. The molecule has 0 unspecified atom stereocenters. The van der Waals surface area contributed by atoms with E-state index in [4.69, 9.17) is 10.8 Å². The molecule has 1 aromatic rings. The first-order valence-corrected chi connectivity index (χ1v) is 5.34. The van der Waals surface area contributed by atoms with Crippen LogP contribution >= 0.6 is 0 Å². The van der Waals surface area contributed by atoms with Gasteiger partial charge in [-0.2, -0.15) is 0 Å². The number of nitrogens with two attached hydrogens (primary N) is 1. The Morgan fingerprint density at radius 3 is 2.50 bits per heavy atom. The summed E-state index contributed by atoms with van der Waals surface area (Å²) in [6.45, 7) is 3.96. The minimum absolute atomic E-state index is 0.322. The highest BCUT2D eigenvalue weighted by molar-refractivity contribution is 5.30. The van der Waals surface area contributed by atoms with Gasteiger partial charge in [-0.15, -0.1) is 0 Å². The molecule has 0 aliphatic heterocycles. The molecule has 0 saturated heterocycles. The Morgan fingerprint density at radius 2 is 2.00 bits per heavy atom. The molecule has 0 radical (unpaired) electrons. The summed E-state index contributed by atoms with van der Waals surface area (Å²) < 4.78 is 13.1. The van der Waals surface area contributed by atoms with Crippen LogP contribution in [0, 0.1) is 11.7 Å². The Balaban J connectivity index is 2.79. The third-order valence-electron chi connectivity index (χ3n) is 2.48. The van der Waals surface area contributed by atoms with Gasteiger partial charge < -0.3 is 15.9 Å². The Kier molecular flexibility index (Phi) is 4.26. The van der Waals surface area contributed by atoms with Gasteiger partial charge in [0.05, 0.1) is 12.1 Å². The fraction of sp³-hybridized carbons (Fsp3) is 0.500. The number of aliphatic hydroxyl groups excluding tert-OH is 1. The van der Waals surface area contributed by atoms with Crippen LogP contribution in [0.15, 0.2) is 18.2 Å². The number of halogens is 1. The van der Waals surface area contributed by atoms with Crippen LogP contribution in [-0.2, 0) is 0 Å². The average molecular weight is 227 g/mol. The van der Waals surface area contributed by atoms with E-state index >= 15 is 0 Å². The van der Waals surface area contributed by atoms with Crippen molar-refractivity contribution in [1.82, 2.24) is 0 Å². The molecular formula is C12H18FNO2. The molecule has 1 rings (SSSR count). The smallest absolute Gasteiger partial charge is 0.165 e. The maximum atomic E-state index is 13.1. The molecule has 0 saturated carbocycles. The van der Waals surface area contributed by atoms with Crippen molar-refractivity contribution in [1.29, 1.82) is 0 Å². The van der Waals surface area contributed by atoms with Gasteiger partial charge in [0.1, 0.15) is 0 Å². The first-order valence-electron chi connectivity index (χ1n) is 5.34. The van der Waals surface area contributed by atoms with E-state index in [0.717, 1.165) is 6.07 Å². The monoisotopic (exact) mass is 227 g/mol. The molecule has 0 bridgehead atoms. The van der Waals surface area contributed by atoms with E-state index in [9.17, 15) is 9.50 Å². The molecule has 0 heterocycles. The number of hydrogen-bond donors (Lipinski definition) is 3. The van der Waals surface area contributed by atoms with Crippen molar-refractivity contribution in [3.63, 3.8) is 0 Å². The first kappa shape index (κ1) is 12.9. The van der Waals surface area contributed by atoms with E-state index in [1.54, 1.807) is 0 Å². The summed E-state index contributed by atoms with van der Waals surface area (Å²) in [5, 5.41) is 18.8. The normalized spacial score (nSPS) is 15.1. The molecule has 0 aromatic heterocycles. The van der Waals surface area contributed by atoms with Gasteiger partial charge in [-0.25, -0.2) is 4.39 Å². The van der Waals surface area contributed by atoms with Gasteiger partial charge in [0, 0.05) is 0 Å². The second kappa shape index (κ2) is 5.27. The molecule has 16 heavy (non-hydrogen) atoms. The second-order valence-electron chi connectivity index (χ2n) is 4.43. The van der Waals surface area contributed by atoms with Crippen molar-refractivity contribution >= 4 is 0 Å². The van der Waals surface area contributed by atoms with Gasteiger partial charge in [-0.3, -0.25) is 0 Å². The van der Waals surface area contributed by atoms with E-state index in [1.807, 2.05) is 13.8 Å². The third-order valence-corrected chi connectivity index (χ3v) is 2.48. The molecular weight excluding hydrogens is 209 g/mol. The average Bonchev–Trinajstić information content (AvgIpc) is 2.20.